The molecule has 0 bridgehead atoms. The van der Waals surface area contributed by atoms with Crippen LogP contribution < -0.4 is 5.32 Å². The first-order chi connectivity index (χ1) is 6.81. The number of hydrogen-bond acceptors (Lipinski definition) is 1. The van der Waals surface area contributed by atoms with Gasteiger partial charge in [-0.1, -0.05) is 19.1 Å². The fourth-order valence-electron chi connectivity index (χ4n) is 2.03. The van der Waals surface area contributed by atoms with Crippen LogP contribution >= 0.6 is 0 Å². The molecule has 2 heteroatoms. The molecule has 1 aromatic rings. The molecule has 1 unspecified atom stereocenters. The van der Waals surface area contributed by atoms with Crippen molar-refractivity contribution >= 4 is 0 Å². The number of hydrogen-bond donors (Lipinski definition) is 1. The molecule has 0 aromatic heterocycles. The molecule has 14 heavy (non-hydrogen) atoms. The summed E-state index contributed by atoms with van der Waals surface area (Å²) in [4.78, 5) is 0. The van der Waals surface area contributed by atoms with Crippen molar-refractivity contribution in [3.8, 4) is 0 Å². The van der Waals surface area contributed by atoms with Gasteiger partial charge in [0.1, 0.15) is 5.82 Å². The normalized spacial score (nSPS) is 21.4. The lowest BCUT2D eigenvalue weighted by molar-refractivity contribution is 0.558. The van der Waals surface area contributed by atoms with Gasteiger partial charge in [0, 0.05) is 11.6 Å². The highest BCUT2D eigenvalue weighted by molar-refractivity contribution is 5.28. The molecule has 2 rings (SSSR count). The average Bonchev–Trinajstić information content (AvgIpc) is 2.71. The minimum absolute atomic E-state index is 0.0680. The van der Waals surface area contributed by atoms with Crippen LogP contribution in [0.4, 0.5) is 4.39 Å². The summed E-state index contributed by atoms with van der Waals surface area (Å²) in [6, 6.07) is 5.70. The van der Waals surface area contributed by atoms with Gasteiger partial charge >= 0.3 is 0 Å². The summed E-state index contributed by atoms with van der Waals surface area (Å²) in [5.74, 6) is -0.0680. The van der Waals surface area contributed by atoms with Gasteiger partial charge in [0.05, 0.1) is 0 Å². The molecule has 0 aliphatic carbocycles. The molecule has 1 aliphatic heterocycles. The maximum absolute atomic E-state index is 13.5. The Kier molecular flexibility index (Phi) is 2.82. The maximum atomic E-state index is 13.5. The van der Waals surface area contributed by atoms with Crippen molar-refractivity contribution in [3.63, 3.8) is 0 Å². The molecule has 76 valence electrons. The van der Waals surface area contributed by atoms with Crippen LogP contribution in [-0.4, -0.2) is 6.54 Å². The van der Waals surface area contributed by atoms with Crippen molar-refractivity contribution in [2.75, 3.05) is 6.54 Å². The minimum atomic E-state index is -0.0680. The summed E-state index contributed by atoms with van der Waals surface area (Å²) in [6.07, 6.45) is 3.19. The first-order valence-electron chi connectivity index (χ1n) is 5.33. The SMILES string of the molecule is CCc1ccc(F)c(C2CCCN2)c1. The smallest absolute Gasteiger partial charge is 0.127 e. The molecule has 1 aliphatic rings. The van der Waals surface area contributed by atoms with Crippen molar-refractivity contribution in [1.29, 1.82) is 0 Å². The first-order valence-corrected chi connectivity index (χ1v) is 5.33. The summed E-state index contributed by atoms with van der Waals surface area (Å²) in [6.45, 7) is 3.11. The van der Waals surface area contributed by atoms with Gasteiger partial charge in [-0.25, -0.2) is 4.39 Å². The highest BCUT2D eigenvalue weighted by Crippen LogP contribution is 2.26. The third-order valence-electron chi connectivity index (χ3n) is 2.90. The Labute approximate surface area is 84.3 Å². The fourth-order valence-corrected chi connectivity index (χ4v) is 2.03. The molecule has 0 radical (unpaired) electrons. The fraction of sp³-hybridized carbons (Fsp3) is 0.500. The number of benzene rings is 1. The predicted octanol–water partition coefficient (Wildman–Crippen LogP) is 2.81. The standard InChI is InChI=1S/C12H16FN/c1-2-9-5-6-11(13)10(8-9)12-4-3-7-14-12/h5-6,8,12,14H,2-4,7H2,1H3. The monoisotopic (exact) mass is 193 g/mol. The lowest BCUT2D eigenvalue weighted by atomic mass is 10.0. The second-order valence-corrected chi connectivity index (χ2v) is 3.86. The number of aryl methyl sites for hydroxylation is 1. The van der Waals surface area contributed by atoms with Crippen molar-refractivity contribution in [3.05, 3.63) is 35.1 Å². The predicted molar refractivity (Wildman–Crippen MR) is 55.8 cm³/mol. The lowest BCUT2D eigenvalue weighted by Gasteiger charge is -2.12. The van der Waals surface area contributed by atoms with Crippen LogP contribution in [0.25, 0.3) is 0 Å². The average molecular weight is 193 g/mol. The molecule has 0 saturated carbocycles. The highest BCUT2D eigenvalue weighted by atomic mass is 19.1. The van der Waals surface area contributed by atoms with E-state index >= 15 is 0 Å². The van der Waals surface area contributed by atoms with Crippen molar-refractivity contribution in [1.82, 2.24) is 5.32 Å². The van der Waals surface area contributed by atoms with Crippen molar-refractivity contribution in [2.45, 2.75) is 32.2 Å². The summed E-state index contributed by atoms with van der Waals surface area (Å²) in [5, 5.41) is 3.33. The van der Waals surface area contributed by atoms with Crippen molar-refractivity contribution in [2.24, 2.45) is 0 Å². The number of halogens is 1. The summed E-state index contributed by atoms with van der Waals surface area (Å²) in [7, 11) is 0. The lowest BCUT2D eigenvalue weighted by Crippen LogP contribution is -2.14. The zero-order valence-electron chi connectivity index (χ0n) is 8.52. The highest BCUT2D eigenvalue weighted by Gasteiger charge is 2.19. The van der Waals surface area contributed by atoms with E-state index in [4.69, 9.17) is 0 Å². The Hall–Kier alpha value is -0.890. The van der Waals surface area contributed by atoms with E-state index < -0.39 is 0 Å². The van der Waals surface area contributed by atoms with Gasteiger partial charge < -0.3 is 5.32 Å². The molecule has 1 N–H and O–H groups in total. The second-order valence-electron chi connectivity index (χ2n) is 3.86. The largest absolute Gasteiger partial charge is 0.310 e. The van der Waals surface area contributed by atoms with E-state index in [-0.39, 0.29) is 11.9 Å². The molecule has 1 nitrogen and oxygen atoms in total. The minimum Gasteiger partial charge on any atom is -0.310 e. The molecule has 1 saturated heterocycles. The molecule has 1 aromatic carbocycles. The van der Waals surface area contributed by atoms with E-state index in [1.54, 1.807) is 6.07 Å². The van der Waals surface area contributed by atoms with Gasteiger partial charge in [-0.15, -0.1) is 0 Å². The Morgan fingerprint density at radius 2 is 2.36 bits per heavy atom. The van der Waals surface area contributed by atoms with E-state index in [0.29, 0.717) is 0 Å². The van der Waals surface area contributed by atoms with Crippen LogP contribution in [-0.2, 0) is 6.42 Å². The summed E-state index contributed by atoms with van der Waals surface area (Å²) >= 11 is 0. The van der Waals surface area contributed by atoms with Crippen LogP contribution in [0.2, 0.25) is 0 Å². The van der Waals surface area contributed by atoms with Gasteiger partial charge in [0.15, 0.2) is 0 Å². The molecule has 1 fully saturated rings. The van der Waals surface area contributed by atoms with E-state index in [1.165, 1.54) is 5.56 Å². The Balaban J connectivity index is 2.29. The van der Waals surface area contributed by atoms with Gasteiger partial charge in [-0.3, -0.25) is 0 Å². The Morgan fingerprint density at radius 3 is 3.00 bits per heavy atom. The van der Waals surface area contributed by atoms with Crippen LogP contribution in [0.1, 0.15) is 36.9 Å². The third kappa shape index (κ3) is 1.80. The summed E-state index contributed by atoms with van der Waals surface area (Å²) in [5.41, 5.74) is 2.07. The molecule has 1 heterocycles. The summed E-state index contributed by atoms with van der Waals surface area (Å²) < 4.78 is 13.5. The van der Waals surface area contributed by atoms with Crippen LogP contribution in [0.15, 0.2) is 18.2 Å². The maximum Gasteiger partial charge on any atom is 0.127 e. The van der Waals surface area contributed by atoms with Crippen molar-refractivity contribution < 1.29 is 4.39 Å². The van der Waals surface area contributed by atoms with Gasteiger partial charge in [-0.05, 0) is 37.4 Å². The quantitative estimate of drug-likeness (QED) is 0.761. The van der Waals surface area contributed by atoms with E-state index in [9.17, 15) is 4.39 Å². The van der Waals surface area contributed by atoms with E-state index in [0.717, 1.165) is 31.4 Å². The topological polar surface area (TPSA) is 12.0 Å². The Bertz CT molecular complexity index is 316. The molecule has 0 amide bonds. The zero-order valence-corrected chi connectivity index (χ0v) is 8.52. The number of nitrogens with one attached hydrogen (secondary N) is 1. The van der Waals surface area contributed by atoms with Crippen LogP contribution in [0.5, 0.6) is 0 Å². The number of rotatable bonds is 2. The second kappa shape index (κ2) is 4.09. The Morgan fingerprint density at radius 1 is 1.50 bits per heavy atom. The van der Waals surface area contributed by atoms with E-state index in [2.05, 4.69) is 12.2 Å². The zero-order chi connectivity index (χ0) is 9.97. The third-order valence-corrected chi connectivity index (χ3v) is 2.90. The molecular weight excluding hydrogens is 177 g/mol. The molecule has 0 spiro atoms. The van der Waals surface area contributed by atoms with Crippen LogP contribution in [0.3, 0.4) is 0 Å². The van der Waals surface area contributed by atoms with Gasteiger partial charge in [0.2, 0.25) is 0 Å². The molecular formula is C12H16FN. The molecule has 1 atom stereocenters. The van der Waals surface area contributed by atoms with Gasteiger partial charge in [0.25, 0.3) is 0 Å². The van der Waals surface area contributed by atoms with Gasteiger partial charge in [-0.2, -0.15) is 0 Å². The van der Waals surface area contributed by atoms with Crippen LogP contribution in [0, 0.1) is 5.82 Å². The van der Waals surface area contributed by atoms with E-state index in [1.807, 2.05) is 12.1 Å². The first kappa shape index (κ1) is 9.66.